The Kier molecular flexibility index (Phi) is 12.8. The van der Waals surface area contributed by atoms with Gasteiger partial charge in [-0.25, -0.2) is 0 Å². The van der Waals surface area contributed by atoms with Crippen molar-refractivity contribution < 1.29 is 79.1 Å². The van der Waals surface area contributed by atoms with Gasteiger partial charge >= 0.3 is 0 Å². The SMILES string of the molecule is COc1cc(C(O)C(CO)Oc2ccc(C=CCOC3OC(COC4OCC(O)(CO)C4O)C(O)C(O)C3O)cc2OC)ccc1O. The van der Waals surface area contributed by atoms with Gasteiger partial charge in [-0.3, -0.25) is 0 Å². The number of aromatic hydroxyl groups is 1. The Morgan fingerprint density at radius 1 is 0.915 bits per heavy atom. The molecule has 2 fully saturated rings. The molecule has 16 heteroatoms. The second-order valence-electron chi connectivity index (χ2n) is 11.1. The molecule has 10 atom stereocenters. The van der Waals surface area contributed by atoms with Gasteiger partial charge in [-0.1, -0.05) is 24.3 Å². The number of benzene rings is 2. The summed E-state index contributed by atoms with van der Waals surface area (Å²) >= 11 is 0. The van der Waals surface area contributed by atoms with E-state index in [0.717, 1.165) is 0 Å². The molecule has 262 valence electrons. The Morgan fingerprint density at radius 2 is 1.66 bits per heavy atom. The lowest BCUT2D eigenvalue weighted by molar-refractivity contribution is -0.307. The third-order valence-corrected chi connectivity index (χ3v) is 7.88. The van der Waals surface area contributed by atoms with E-state index < -0.39 is 80.7 Å². The van der Waals surface area contributed by atoms with E-state index in [1.807, 2.05) is 0 Å². The van der Waals surface area contributed by atoms with Crippen LogP contribution in [0.15, 0.2) is 42.5 Å². The number of ether oxygens (including phenoxy) is 7. The molecule has 0 aliphatic carbocycles. The van der Waals surface area contributed by atoms with Gasteiger partial charge in [-0.05, 0) is 35.4 Å². The molecular weight excluding hydrogens is 628 g/mol. The van der Waals surface area contributed by atoms with Gasteiger partial charge in [0.15, 0.2) is 41.7 Å². The van der Waals surface area contributed by atoms with Crippen LogP contribution >= 0.6 is 0 Å². The zero-order valence-electron chi connectivity index (χ0n) is 25.7. The maximum Gasteiger partial charge on any atom is 0.187 e. The largest absolute Gasteiger partial charge is 0.504 e. The quantitative estimate of drug-likeness (QED) is 0.101. The van der Waals surface area contributed by atoms with Crippen LogP contribution in [0.25, 0.3) is 6.08 Å². The first-order valence-corrected chi connectivity index (χ1v) is 14.7. The van der Waals surface area contributed by atoms with Crippen LogP contribution in [0.3, 0.4) is 0 Å². The second kappa shape index (κ2) is 16.3. The fourth-order valence-electron chi connectivity index (χ4n) is 4.99. The molecule has 0 aromatic heterocycles. The number of methoxy groups -OCH3 is 2. The second-order valence-corrected chi connectivity index (χ2v) is 11.1. The van der Waals surface area contributed by atoms with Crippen molar-refractivity contribution in [3.05, 3.63) is 53.6 Å². The molecule has 0 amide bonds. The van der Waals surface area contributed by atoms with Gasteiger partial charge in [0, 0.05) is 0 Å². The van der Waals surface area contributed by atoms with E-state index >= 15 is 0 Å². The lowest BCUT2D eigenvalue weighted by Crippen LogP contribution is -2.59. The van der Waals surface area contributed by atoms with Crippen molar-refractivity contribution in [3.8, 4) is 23.0 Å². The Morgan fingerprint density at radius 3 is 2.32 bits per heavy atom. The minimum Gasteiger partial charge on any atom is -0.504 e. The van der Waals surface area contributed by atoms with E-state index in [-0.39, 0.29) is 30.5 Å². The van der Waals surface area contributed by atoms with Gasteiger partial charge in [-0.2, -0.15) is 0 Å². The summed E-state index contributed by atoms with van der Waals surface area (Å²) in [6.45, 7) is -2.18. The number of aliphatic hydroxyl groups is 8. The van der Waals surface area contributed by atoms with Gasteiger partial charge < -0.3 is 79.1 Å². The first-order chi connectivity index (χ1) is 22.5. The lowest BCUT2D eigenvalue weighted by atomic mass is 9.99. The molecule has 9 N–H and O–H groups in total. The Labute approximate surface area is 270 Å². The van der Waals surface area contributed by atoms with E-state index in [2.05, 4.69) is 0 Å². The minimum absolute atomic E-state index is 0.0957. The highest BCUT2D eigenvalue weighted by atomic mass is 16.7. The Bertz CT molecular complexity index is 1320. The van der Waals surface area contributed by atoms with Crippen molar-refractivity contribution >= 4 is 6.08 Å². The Hall–Kier alpha value is -3.10. The highest BCUT2D eigenvalue weighted by Gasteiger charge is 2.50. The molecule has 47 heavy (non-hydrogen) atoms. The first-order valence-electron chi connectivity index (χ1n) is 14.7. The van der Waals surface area contributed by atoms with Crippen LogP contribution in [0, 0.1) is 0 Å². The third-order valence-electron chi connectivity index (χ3n) is 7.88. The monoisotopic (exact) mass is 670 g/mol. The lowest BCUT2D eigenvalue weighted by Gasteiger charge is -2.40. The Balaban J connectivity index is 1.33. The van der Waals surface area contributed by atoms with Gasteiger partial charge in [0.05, 0.1) is 47.3 Å². The molecule has 0 bridgehead atoms. The molecule has 0 radical (unpaired) electrons. The maximum absolute atomic E-state index is 10.8. The standard InChI is InChI=1S/C31H42O16/c1-41-20-11-17(6-7-18(20)34)24(35)22(12-32)46-19-8-5-16(10-21(19)42-2)4-3-9-43-29-27(38)26(37)25(36)23(47-29)13-44-30-28(39)31(40,14-33)15-45-30/h3-8,10-11,22-30,32-40H,9,12-15H2,1-2H3. The first kappa shape index (κ1) is 36.7. The molecule has 2 heterocycles. The summed E-state index contributed by atoms with van der Waals surface area (Å²) < 4.78 is 38.1. The average Bonchev–Trinajstić information content (AvgIpc) is 3.37. The molecule has 4 rings (SSSR count). The van der Waals surface area contributed by atoms with E-state index in [9.17, 15) is 46.0 Å². The number of phenols is 1. The topological polar surface area (TPSA) is 247 Å². The van der Waals surface area contributed by atoms with Gasteiger partial charge in [0.1, 0.15) is 42.2 Å². The van der Waals surface area contributed by atoms with Crippen molar-refractivity contribution in [2.45, 2.75) is 60.9 Å². The summed E-state index contributed by atoms with van der Waals surface area (Å²) in [5.41, 5.74) is -0.912. The normalized spacial score (nSPS) is 30.7. The van der Waals surface area contributed by atoms with Crippen molar-refractivity contribution in [1.29, 1.82) is 0 Å². The maximum atomic E-state index is 10.8. The van der Waals surface area contributed by atoms with Gasteiger partial charge in [0.25, 0.3) is 0 Å². The summed E-state index contributed by atoms with van der Waals surface area (Å²) in [6, 6.07) is 9.16. The van der Waals surface area contributed by atoms with Crippen LogP contribution in [-0.4, -0.2) is 148 Å². The molecular formula is C31H42O16. The van der Waals surface area contributed by atoms with Crippen LogP contribution in [0.2, 0.25) is 0 Å². The van der Waals surface area contributed by atoms with Crippen LogP contribution in [-0.2, 0) is 18.9 Å². The zero-order chi connectivity index (χ0) is 34.3. The molecule has 2 aliphatic heterocycles. The van der Waals surface area contributed by atoms with E-state index in [1.54, 1.807) is 30.4 Å². The summed E-state index contributed by atoms with van der Waals surface area (Å²) in [5.74, 6) is 0.574. The molecule has 10 unspecified atom stereocenters. The highest BCUT2D eigenvalue weighted by Crippen LogP contribution is 2.34. The van der Waals surface area contributed by atoms with Crippen LogP contribution in [0.4, 0.5) is 0 Å². The summed E-state index contributed by atoms with van der Waals surface area (Å²) in [4.78, 5) is 0. The van der Waals surface area contributed by atoms with Crippen LogP contribution in [0.1, 0.15) is 17.2 Å². The van der Waals surface area contributed by atoms with E-state index in [1.165, 1.54) is 32.4 Å². The highest BCUT2D eigenvalue weighted by molar-refractivity contribution is 5.56. The molecule has 0 spiro atoms. The molecule has 2 aliphatic rings. The number of aliphatic hydroxyl groups excluding tert-OH is 7. The predicted molar refractivity (Wildman–Crippen MR) is 160 cm³/mol. The van der Waals surface area contributed by atoms with Crippen molar-refractivity contribution in [2.24, 2.45) is 0 Å². The summed E-state index contributed by atoms with van der Waals surface area (Å²) in [6.07, 6.45) is -9.39. The zero-order valence-corrected chi connectivity index (χ0v) is 25.7. The number of hydrogen-bond donors (Lipinski definition) is 9. The van der Waals surface area contributed by atoms with Crippen molar-refractivity contribution in [1.82, 2.24) is 0 Å². The van der Waals surface area contributed by atoms with Crippen LogP contribution < -0.4 is 14.2 Å². The number of hydrogen-bond acceptors (Lipinski definition) is 16. The predicted octanol–water partition coefficient (Wildman–Crippen LogP) is -1.82. The minimum atomic E-state index is -1.91. The van der Waals surface area contributed by atoms with E-state index in [0.29, 0.717) is 16.9 Å². The number of rotatable bonds is 15. The number of phenolic OH excluding ortho intramolecular Hbond substituents is 1. The molecule has 16 nitrogen and oxygen atoms in total. The van der Waals surface area contributed by atoms with Gasteiger partial charge in [-0.15, -0.1) is 0 Å². The van der Waals surface area contributed by atoms with Crippen molar-refractivity contribution in [3.63, 3.8) is 0 Å². The third kappa shape index (κ3) is 8.50. The molecule has 2 aromatic rings. The van der Waals surface area contributed by atoms with Crippen LogP contribution in [0.5, 0.6) is 23.0 Å². The van der Waals surface area contributed by atoms with Gasteiger partial charge in [0.2, 0.25) is 0 Å². The van der Waals surface area contributed by atoms with Crippen molar-refractivity contribution in [2.75, 3.05) is 47.3 Å². The summed E-state index contributed by atoms with van der Waals surface area (Å²) in [5, 5.41) is 91.1. The van der Waals surface area contributed by atoms with E-state index in [4.69, 9.17) is 33.2 Å². The molecule has 0 saturated carbocycles. The fourth-order valence-corrected chi connectivity index (χ4v) is 4.99. The average molecular weight is 671 g/mol. The molecule has 2 aromatic carbocycles. The smallest absolute Gasteiger partial charge is 0.187 e. The fraction of sp³-hybridized carbons (Fsp3) is 0.548. The molecule has 2 saturated heterocycles. The summed E-state index contributed by atoms with van der Waals surface area (Å²) in [7, 11) is 2.79.